The van der Waals surface area contributed by atoms with E-state index in [-0.39, 0.29) is 0 Å². The van der Waals surface area contributed by atoms with E-state index < -0.39 is 0 Å². The van der Waals surface area contributed by atoms with Crippen LogP contribution in [0.2, 0.25) is 0 Å². The molecule has 0 fully saturated rings. The summed E-state index contributed by atoms with van der Waals surface area (Å²) in [6.07, 6.45) is 0. The van der Waals surface area contributed by atoms with Crippen LogP contribution < -0.4 is 10.2 Å². The summed E-state index contributed by atoms with van der Waals surface area (Å²) >= 11 is 5.52. The van der Waals surface area contributed by atoms with Crippen LogP contribution >= 0.6 is 27.7 Å². The lowest BCUT2D eigenvalue weighted by molar-refractivity contribution is 0.704. The van der Waals surface area contributed by atoms with Gasteiger partial charge < -0.3 is 10.2 Å². The molecule has 0 amide bonds. The molecule has 16 heavy (non-hydrogen) atoms. The number of fused-ring (bicyclic) bond motifs is 1. The molecular weight excluding hydrogens is 284 g/mol. The number of hydrogen-bond acceptors (Lipinski definition) is 3. The molecule has 1 N–H and O–H groups in total. The number of nitrogens with zero attached hydrogens (tertiary/aromatic N) is 1. The Morgan fingerprint density at radius 2 is 2.38 bits per heavy atom. The number of halogens is 1. The Labute approximate surface area is 110 Å². The van der Waals surface area contributed by atoms with Crippen LogP contribution in [-0.4, -0.2) is 31.9 Å². The lowest BCUT2D eigenvalue weighted by atomic mass is 10.2. The maximum absolute atomic E-state index is 3.55. The van der Waals surface area contributed by atoms with Crippen molar-refractivity contribution in [1.29, 1.82) is 0 Å². The molecule has 2 nitrogen and oxygen atoms in total. The average Bonchev–Trinajstić information content (AvgIpc) is 2.26. The second kappa shape index (κ2) is 5.43. The third-order valence-corrected chi connectivity index (χ3v) is 4.34. The second-order valence-electron chi connectivity index (χ2n) is 4.09. The van der Waals surface area contributed by atoms with Crippen molar-refractivity contribution < 1.29 is 0 Å². The van der Waals surface area contributed by atoms with E-state index in [9.17, 15) is 0 Å². The number of anilines is 1. The molecule has 2 rings (SSSR count). The van der Waals surface area contributed by atoms with Crippen LogP contribution in [-0.2, 0) is 0 Å². The fourth-order valence-corrected chi connectivity index (χ4v) is 3.45. The maximum atomic E-state index is 3.55. The predicted molar refractivity (Wildman–Crippen MR) is 75.6 cm³/mol. The van der Waals surface area contributed by atoms with Gasteiger partial charge in [0.05, 0.1) is 5.69 Å². The zero-order valence-electron chi connectivity index (χ0n) is 9.66. The van der Waals surface area contributed by atoms with Crippen molar-refractivity contribution in [3.8, 4) is 0 Å². The molecule has 0 spiro atoms. The molecule has 1 heterocycles. The first-order chi connectivity index (χ1) is 7.70. The van der Waals surface area contributed by atoms with Gasteiger partial charge in [0.15, 0.2) is 0 Å². The van der Waals surface area contributed by atoms with Crippen LogP contribution in [0.3, 0.4) is 0 Å². The van der Waals surface area contributed by atoms with E-state index in [4.69, 9.17) is 0 Å². The first kappa shape index (κ1) is 12.3. The van der Waals surface area contributed by atoms with Crippen LogP contribution in [0, 0.1) is 0 Å². The van der Waals surface area contributed by atoms with Crippen molar-refractivity contribution >= 4 is 33.4 Å². The van der Waals surface area contributed by atoms with Gasteiger partial charge in [0.1, 0.15) is 0 Å². The zero-order chi connectivity index (χ0) is 11.5. The monoisotopic (exact) mass is 300 g/mol. The highest BCUT2D eigenvalue weighted by Gasteiger charge is 2.21. The summed E-state index contributed by atoms with van der Waals surface area (Å²) in [7, 11) is 2.00. The molecule has 0 aliphatic carbocycles. The number of benzene rings is 1. The highest BCUT2D eigenvalue weighted by Crippen LogP contribution is 2.39. The van der Waals surface area contributed by atoms with Crippen LogP contribution in [0.15, 0.2) is 27.6 Å². The number of nitrogens with one attached hydrogen (secondary N) is 1. The topological polar surface area (TPSA) is 15.3 Å². The van der Waals surface area contributed by atoms with E-state index in [0.717, 1.165) is 24.1 Å². The van der Waals surface area contributed by atoms with Gasteiger partial charge in [-0.3, -0.25) is 0 Å². The minimum atomic E-state index is 0.672. The Balaban J connectivity index is 2.24. The Hall–Kier alpha value is -0.190. The third kappa shape index (κ3) is 2.73. The van der Waals surface area contributed by atoms with Crippen molar-refractivity contribution in [3.05, 3.63) is 22.7 Å². The third-order valence-electron chi connectivity index (χ3n) is 2.70. The van der Waals surface area contributed by atoms with Gasteiger partial charge in [0.25, 0.3) is 0 Å². The van der Waals surface area contributed by atoms with Gasteiger partial charge in [-0.25, -0.2) is 0 Å². The molecule has 1 unspecified atom stereocenters. The summed E-state index contributed by atoms with van der Waals surface area (Å²) in [5, 5.41) is 3.89. The SMILES string of the molecule is CNCCN1CC(C)Sc2ccc(Br)cc21. The Morgan fingerprint density at radius 3 is 3.12 bits per heavy atom. The minimum Gasteiger partial charge on any atom is -0.368 e. The Morgan fingerprint density at radius 1 is 1.56 bits per heavy atom. The molecule has 1 aromatic rings. The van der Waals surface area contributed by atoms with Gasteiger partial charge in [-0.2, -0.15) is 0 Å². The van der Waals surface area contributed by atoms with E-state index in [0.29, 0.717) is 5.25 Å². The maximum Gasteiger partial charge on any atom is 0.0516 e. The van der Waals surface area contributed by atoms with Crippen LogP contribution in [0.5, 0.6) is 0 Å². The molecule has 0 saturated heterocycles. The molecular formula is C12H17BrN2S. The molecule has 1 aromatic carbocycles. The van der Waals surface area contributed by atoms with E-state index in [1.165, 1.54) is 10.6 Å². The van der Waals surface area contributed by atoms with Crippen molar-refractivity contribution in [1.82, 2.24) is 5.32 Å². The summed E-state index contributed by atoms with van der Waals surface area (Å²) in [6.45, 7) is 5.53. The highest BCUT2D eigenvalue weighted by atomic mass is 79.9. The number of rotatable bonds is 3. The van der Waals surface area contributed by atoms with Gasteiger partial charge in [0, 0.05) is 34.3 Å². The highest BCUT2D eigenvalue weighted by molar-refractivity contribution is 9.10. The van der Waals surface area contributed by atoms with Gasteiger partial charge in [-0.15, -0.1) is 11.8 Å². The Bertz CT molecular complexity index is 370. The van der Waals surface area contributed by atoms with Crippen molar-refractivity contribution in [3.63, 3.8) is 0 Å². The van der Waals surface area contributed by atoms with Crippen molar-refractivity contribution in [2.75, 3.05) is 31.6 Å². The smallest absolute Gasteiger partial charge is 0.0516 e. The van der Waals surface area contributed by atoms with E-state index in [2.05, 4.69) is 51.3 Å². The van der Waals surface area contributed by atoms with E-state index >= 15 is 0 Å². The zero-order valence-corrected chi connectivity index (χ0v) is 12.1. The largest absolute Gasteiger partial charge is 0.368 e. The molecule has 0 aromatic heterocycles. The van der Waals surface area contributed by atoms with Gasteiger partial charge in [0.2, 0.25) is 0 Å². The van der Waals surface area contributed by atoms with Crippen LogP contribution in [0.1, 0.15) is 6.92 Å². The fraction of sp³-hybridized carbons (Fsp3) is 0.500. The standard InChI is InChI=1S/C12H17BrN2S/c1-9-8-15(6-5-14-2)11-7-10(13)3-4-12(11)16-9/h3-4,7,9,14H,5-6,8H2,1-2H3. The molecule has 4 heteroatoms. The lowest BCUT2D eigenvalue weighted by Crippen LogP contribution is -2.37. The summed E-state index contributed by atoms with van der Waals surface area (Å²) in [5.41, 5.74) is 1.37. The van der Waals surface area contributed by atoms with E-state index in [1.54, 1.807) is 0 Å². The van der Waals surface area contributed by atoms with Gasteiger partial charge >= 0.3 is 0 Å². The summed E-state index contributed by atoms with van der Waals surface area (Å²) < 4.78 is 1.16. The normalized spacial score (nSPS) is 19.7. The fourth-order valence-electron chi connectivity index (χ4n) is 1.96. The van der Waals surface area contributed by atoms with Gasteiger partial charge in [-0.05, 0) is 25.2 Å². The van der Waals surface area contributed by atoms with Crippen LogP contribution in [0.25, 0.3) is 0 Å². The molecule has 1 aliphatic heterocycles. The van der Waals surface area contributed by atoms with Gasteiger partial charge in [-0.1, -0.05) is 22.9 Å². The molecule has 88 valence electrons. The predicted octanol–water partition coefficient (Wildman–Crippen LogP) is 2.97. The first-order valence-corrected chi connectivity index (χ1v) is 7.23. The molecule has 0 bridgehead atoms. The van der Waals surface area contributed by atoms with Crippen molar-refractivity contribution in [2.24, 2.45) is 0 Å². The average molecular weight is 301 g/mol. The summed E-state index contributed by atoms with van der Waals surface area (Å²) in [4.78, 5) is 3.87. The minimum absolute atomic E-state index is 0.672. The molecule has 1 aliphatic rings. The quantitative estimate of drug-likeness (QED) is 0.924. The molecule has 0 saturated carbocycles. The number of likely N-dealkylation sites (N-methyl/N-ethyl adjacent to an activating group) is 1. The number of thioether (sulfide) groups is 1. The summed E-state index contributed by atoms with van der Waals surface area (Å²) in [5.74, 6) is 0. The second-order valence-corrected chi connectivity index (χ2v) is 6.49. The number of hydrogen-bond donors (Lipinski definition) is 1. The van der Waals surface area contributed by atoms with Crippen LogP contribution in [0.4, 0.5) is 5.69 Å². The lowest BCUT2D eigenvalue weighted by Gasteiger charge is -2.34. The van der Waals surface area contributed by atoms with Crippen molar-refractivity contribution in [2.45, 2.75) is 17.1 Å². The summed E-state index contributed by atoms with van der Waals surface area (Å²) in [6, 6.07) is 6.57. The molecule has 1 atom stereocenters. The first-order valence-electron chi connectivity index (χ1n) is 5.56. The molecule has 0 radical (unpaired) electrons. The van der Waals surface area contributed by atoms with E-state index in [1.807, 2.05) is 18.8 Å². The Kier molecular flexibility index (Phi) is 4.16.